The number of allylic oxidation sites excluding steroid dienone is 2. The average Bonchev–Trinajstić information content (AvgIpc) is 3.11. The average molecular weight is 469 g/mol. The number of hydrogen-bond acceptors (Lipinski definition) is 9. The first-order valence-electron chi connectivity index (χ1n) is 9.43. The van der Waals surface area contributed by atoms with Gasteiger partial charge >= 0.3 is 5.97 Å². The van der Waals surface area contributed by atoms with E-state index in [0.29, 0.717) is 25.1 Å². The van der Waals surface area contributed by atoms with Crippen LogP contribution in [0.2, 0.25) is 5.02 Å². The summed E-state index contributed by atoms with van der Waals surface area (Å²) in [5.74, 6) is -0.290. The highest BCUT2D eigenvalue weighted by Gasteiger charge is 2.26. The summed E-state index contributed by atoms with van der Waals surface area (Å²) in [5, 5.41) is 11.0. The molecule has 31 heavy (non-hydrogen) atoms. The van der Waals surface area contributed by atoms with Gasteiger partial charge in [-0.25, -0.2) is 17.9 Å². The summed E-state index contributed by atoms with van der Waals surface area (Å²) in [6.45, 7) is 3.49. The van der Waals surface area contributed by atoms with Crippen LogP contribution in [0.1, 0.15) is 48.4 Å². The molecule has 0 aliphatic heterocycles. The van der Waals surface area contributed by atoms with Gasteiger partial charge in [0.25, 0.3) is 0 Å². The molecule has 10 nitrogen and oxygen atoms in total. The van der Waals surface area contributed by atoms with E-state index in [9.17, 15) is 18.0 Å². The number of carbonyl (C=O) groups excluding carboxylic acids is 2. The number of carbonyl (C=O) groups is 2. The molecule has 0 bridgehead atoms. The molecular weight excluding hydrogens is 448 g/mol. The molecule has 0 N–H and O–H groups in total. The van der Waals surface area contributed by atoms with Gasteiger partial charge in [0.2, 0.25) is 0 Å². The van der Waals surface area contributed by atoms with Gasteiger partial charge in [-0.1, -0.05) is 11.6 Å². The van der Waals surface area contributed by atoms with Gasteiger partial charge in [-0.3, -0.25) is 4.79 Å². The summed E-state index contributed by atoms with van der Waals surface area (Å²) in [6.07, 6.45) is 3.73. The van der Waals surface area contributed by atoms with Gasteiger partial charge in [0.15, 0.2) is 21.4 Å². The number of benzene rings is 1. The van der Waals surface area contributed by atoms with Crippen molar-refractivity contribution in [1.82, 2.24) is 20.2 Å². The quantitative estimate of drug-likeness (QED) is 0.562. The highest BCUT2D eigenvalue weighted by molar-refractivity contribution is 7.90. The van der Waals surface area contributed by atoms with Gasteiger partial charge in [0.1, 0.15) is 23.1 Å². The number of nitrogens with zero attached hydrogens (tertiary/aromatic N) is 4. The van der Waals surface area contributed by atoms with Crippen LogP contribution in [0.25, 0.3) is 0 Å². The Morgan fingerprint density at radius 3 is 2.68 bits per heavy atom. The second-order valence-electron chi connectivity index (χ2n) is 7.18. The Kier molecular flexibility index (Phi) is 6.75. The van der Waals surface area contributed by atoms with Crippen LogP contribution in [0.5, 0.6) is 5.75 Å². The van der Waals surface area contributed by atoms with Crippen molar-refractivity contribution in [2.45, 2.75) is 44.0 Å². The van der Waals surface area contributed by atoms with E-state index < -0.39 is 15.8 Å². The molecule has 1 aliphatic rings. The number of hydrogen-bond donors (Lipinski definition) is 0. The Hall–Kier alpha value is -2.79. The molecule has 1 heterocycles. The Labute approximate surface area is 184 Å². The van der Waals surface area contributed by atoms with Crippen LogP contribution in [-0.2, 0) is 19.4 Å². The highest BCUT2D eigenvalue weighted by atomic mass is 35.5. The largest absolute Gasteiger partial charge is 0.488 e. The van der Waals surface area contributed by atoms with Crippen molar-refractivity contribution in [3.8, 4) is 5.75 Å². The molecule has 1 unspecified atom stereocenters. The minimum atomic E-state index is -3.71. The van der Waals surface area contributed by atoms with Gasteiger partial charge in [-0.05, 0) is 42.8 Å². The first-order chi connectivity index (χ1) is 14.6. The zero-order chi connectivity index (χ0) is 22.8. The van der Waals surface area contributed by atoms with Crippen molar-refractivity contribution in [1.29, 1.82) is 0 Å². The fraction of sp³-hybridized carbons (Fsp3) is 0.421. The molecule has 0 radical (unpaired) electrons. The third-order valence-corrected chi connectivity index (χ3v) is 6.11. The molecule has 0 saturated carbocycles. The van der Waals surface area contributed by atoms with E-state index in [1.807, 2.05) is 0 Å². The molecule has 1 atom stereocenters. The maximum absolute atomic E-state index is 12.6. The predicted octanol–water partition coefficient (Wildman–Crippen LogP) is 2.47. The maximum Gasteiger partial charge on any atom is 0.344 e. The van der Waals surface area contributed by atoms with Crippen molar-refractivity contribution in [2.75, 3.05) is 12.9 Å². The number of esters is 1. The zero-order valence-corrected chi connectivity index (χ0v) is 18.7. The number of sulfone groups is 1. The molecule has 0 fully saturated rings. The Morgan fingerprint density at radius 2 is 2.06 bits per heavy atom. The van der Waals surface area contributed by atoms with Crippen LogP contribution in [-0.4, -0.2) is 53.2 Å². The summed E-state index contributed by atoms with van der Waals surface area (Å²) >= 11 is 6.38. The summed E-state index contributed by atoms with van der Waals surface area (Å²) < 4.78 is 37.0. The predicted molar refractivity (Wildman–Crippen MR) is 110 cm³/mol. The van der Waals surface area contributed by atoms with Gasteiger partial charge in [0, 0.05) is 25.2 Å². The SMILES string of the molecule is Cc1nnnn1C(C)COc1c(S(C)(=O)=O)ccc(C(=O)OC2=CC(=O)CCC2)c1Cl. The first-order valence-corrected chi connectivity index (χ1v) is 11.7. The monoisotopic (exact) mass is 468 g/mol. The Balaban J connectivity index is 1.90. The highest BCUT2D eigenvalue weighted by Crippen LogP contribution is 2.36. The molecule has 0 amide bonds. The minimum Gasteiger partial charge on any atom is -0.488 e. The Morgan fingerprint density at radius 1 is 1.32 bits per heavy atom. The van der Waals surface area contributed by atoms with E-state index in [1.54, 1.807) is 13.8 Å². The van der Waals surface area contributed by atoms with Crippen LogP contribution >= 0.6 is 11.6 Å². The first kappa shape index (κ1) is 22.9. The van der Waals surface area contributed by atoms with Crippen LogP contribution in [0.4, 0.5) is 0 Å². The molecular formula is C19H21ClN4O6S. The van der Waals surface area contributed by atoms with E-state index in [0.717, 1.165) is 6.26 Å². The number of aryl methyl sites for hydroxylation is 1. The van der Waals surface area contributed by atoms with Crippen LogP contribution < -0.4 is 4.74 Å². The van der Waals surface area contributed by atoms with Gasteiger partial charge in [-0.15, -0.1) is 5.10 Å². The van der Waals surface area contributed by atoms with E-state index >= 15 is 0 Å². The lowest BCUT2D eigenvalue weighted by Crippen LogP contribution is -2.18. The van der Waals surface area contributed by atoms with Crippen LogP contribution in [0.3, 0.4) is 0 Å². The maximum atomic E-state index is 12.6. The van der Waals surface area contributed by atoms with E-state index in [2.05, 4.69) is 15.5 Å². The number of ether oxygens (including phenoxy) is 2. The molecule has 0 spiro atoms. The lowest BCUT2D eigenvalue weighted by Gasteiger charge is -2.18. The second-order valence-corrected chi connectivity index (χ2v) is 9.54. The molecule has 12 heteroatoms. The number of ketones is 1. The van der Waals surface area contributed by atoms with E-state index in [-0.39, 0.29) is 45.4 Å². The summed E-state index contributed by atoms with van der Waals surface area (Å²) in [4.78, 5) is 24.0. The van der Waals surface area contributed by atoms with Gasteiger partial charge in [-0.2, -0.15) is 0 Å². The Bertz CT molecular complexity index is 1160. The number of halogens is 1. The van der Waals surface area contributed by atoms with Crippen molar-refractivity contribution in [3.63, 3.8) is 0 Å². The number of aromatic nitrogens is 4. The molecule has 2 aromatic rings. The van der Waals surface area contributed by atoms with Gasteiger partial charge in [0.05, 0.1) is 16.6 Å². The van der Waals surface area contributed by atoms with Crippen molar-refractivity contribution >= 4 is 33.2 Å². The van der Waals surface area contributed by atoms with Crippen molar-refractivity contribution in [3.05, 3.63) is 40.4 Å². The molecule has 3 rings (SSSR count). The summed E-state index contributed by atoms with van der Waals surface area (Å²) in [5.41, 5.74) is -0.0748. The third kappa shape index (κ3) is 5.28. The van der Waals surface area contributed by atoms with Crippen molar-refractivity contribution in [2.24, 2.45) is 0 Å². The smallest absolute Gasteiger partial charge is 0.344 e. The lowest BCUT2D eigenvalue weighted by atomic mass is 10.1. The molecule has 0 saturated heterocycles. The van der Waals surface area contributed by atoms with E-state index in [1.165, 1.54) is 22.9 Å². The van der Waals surface area contributed by atoms with Crippen molar-refractivity contribution < 1.29 is 27.5 Å². The van der Waals surface area contributed by atoms with Gasteiger partial charge < -0.3 is 9.47 Å². The lowest BCUT2D eigenvalue weighted by molar-refractivity contribution is -0.115. The number of rotatable bonds is 7. The van der Waals surface area contributed by atoms with E-state index in [4.69, 9.17) is 21.1 Å². The fourth-order valence-electron chi connectivity index (χ4n) is 3.06. The standard InChI is InChI=1S/C19H21ClN4O6S/c1-11(24-12(2)21-22-23-24)10-29-18-16(31(3,27)28)8-7-15(17(18)20)19(26)30-14-6-4-5-13(25)9-14/h7-9,11H,4-6,10H2,1-3H3. The molecule has 1 aliphatic carbocycles. The summed E-state index contributed by atoms with van der Waals surface area (Å²) in [7, 11) is -3.71. The topological polar surface area (TPSA) is 130 Å². The fourth-order valence-corrected chi connectivity index (χ4v) is 4.22. The summed E-state index contributed by atoms with van der Waals surface area (Å²) in [6, 6.07) is 2.15. The van der Waals surface area contributed by atoms with Crippen LogP contribution in [0.15, 0.2) is 28.9 Å². The van der Waals surface area contributed by atoms with Crippen LogP contribution in [0, 0.1) is 6.92 Å². The number of tetrazole rings is 1. The molecule has 166 valence electrons. The minimum absolute atomic E-state index is 0.00766. The zero-order valence-electron chi connectivity index (χ0n) is 17.2. The molecule has 1 aromatic carbocycles. The molecule has 1 aromatic heterocycles. The second kappa shape index (κ2) is 9.15. The normalized spacial score (nSPS) is 15.4. The third-order valence-electron chi connectivity index (χ3n) is 4.62.